The summed E-state index contributed by atoms with van der Waals surface area (Å²) in [5.74, 6) is 1.42. The average Bonchev–Trinajstić information content (AvgIpc) is 2.39. The lowest BCUT2D eigenvalue weighted by Gasteiger charge is -2.13. The quantitative estimate of drug-likeness (QED) is 0.745. The first-order valence-electron chi connectivity index (χ1n) is 6.83. The summed E-state index contributed by atoms with van der Waals surface area (Å²) < 4.78 is 6.38. The van der Waals surface area contributed by atoms with E-state index < -0.39 is 0 Å². The third kappa shape index (κ3) is 5.37. The highest BCUT2D eigenvalue weighted by molar-refractivity contribution is 9.10. The van der Waals surface area contributed by atoms with Crippen molar-refractivity contribution in [2.24, 2.45) is 5.92 Å². The normalized spacial score (nSPS) is 12.0. The van der Waals surface area contributed by atoms with Crippen LogP contribution in [-0.4, -0.2) is 20.2 Å². The molecule has 0 amide bonds. The minimum absolute atomic E-state index is 0.530. The first-order chi connectivity index (χ1) is 9.08. The average molecular weight is 326 g/mol. The number of halogens is 1. The molecule has 2 nitrogen and oxygen atoms in total. The summed E-state index contributed by atoms with van der Waals surface area (Å²) >= 11 is 3.60. The molecule has 0 fully saturated rings. The van der Waals surface area contributed by atoms with Crippen LogP contribution in [0.15, 0.2) is 28.2 Å². The van der Waals surface area contributed by atoms with Gasteiger partial charge in [0.1, 0.15) is 5.75 Å². The van der Waals surface area contributed by atoms with Crippen LogP contribution < -0.4 is 10.1 Å². The Kier molecular flexibility index (Phi) is 7.17. The van der Waals surface area contributed by atoms with Gasteiger partial charge in [-0.3, -0.25) is 0 Å². The molecule has 106 valence electrons. The van der Waals surface area contributed by atoms with Gasteiger partial charge in [0, 0.05) is 11.0 Å². The molecule has 0 aliphatic heterocycles. The maximum Gasteiger partial charge on any atom is 0.119 e. The molecule has 0 unspecified atom stereocenters. The van der Waals surface area contributed by atoms with Crippen molar-refractivity contribution in [3.8, 4) is 5.75 Å². The maximum atomic E-state index is 5.28. The van der Waals surface area contributed by atoms with Crippen LogP contribution in [0, 0.1) is 5.92 Å². The summed E-state index contributed by atoms with van der Waals surface area (Å²) in [6.45, 7) is 8.64. The monoisotopic (exact) mass is 325 g/mol. The highest BCUT2D eigenvalue weighted by Gasteiger charge is 2.06. The number of methoxy groups -OCH3 is 1. The first-order valence-corrected chi connectivity index (χ1v) is 7.62. The van der Waals surface area contributed by atoms with Crippen LogP contribution in [0.3, 0.4) is 0 Å². The molecular weight excluding hydrogens is 302 g/mol. The highest BCUT2D eigenvalue weighted by Crippen LogP contribution is 2.26. The van der Waals surface area contributed by atoms with E-state index in [9.17, 15) is 0 Å². The molecule has 3 heteroatoms. The van der Waals surface area contributed by atoms with Crippen molar-refractivity contribution < 1.29 is 4.74 Å². The summed E-state index contributed by atoms with van der Waals surface area (Å²) in [5.41, 5.74) is 2.57. The van der Waals surface area contributed by atoms with Gasteiger partial charge in [0.15, 0.2) is 0 Å². The molecule has 0 radical (unpaired) electrons. The fourth-order valence-corrected chi connectivity index (χ4v) is 2.15. The van der Waals surface area contributed by atoms with Crippen LogP contribution in [0.25, 0.3) is 6.08 Å². The minimum atomic E-state index is 0.530. The Hall–Kier alpha value is -0.800. The van der Waals surface area contributed by atoms with Gasteiger partial charge < -0.3 is 10.1 Å². The van der Waals surface area contributed by atoms with Gasteiger partial charge >= 0.3 is 0 Å². The molecular formula is C16H24BrNO. The Balaban J connectivity index is 2.93. The van der Waals surface area contributed by atoms with Gasteiger partial charge in [0.25, 0.3) is 0 Å². The second-order valence-electron chi connectivity index (χ2n) is 4.94. The number of hydrogen-bond donors (Lipinski definition) is 1. The molecule has 1 aromatic carbocycles. The topological polar surface area (TPSA) is 21.3 Å². The zero-order valence-electron chi connectivity index (χ0n) is 12.3. The van der Waals surface area contributed by atoms with Crippen molar-refractivity contribution >= 4 is 22.0 Å². The Bertz CT molecular complexity index is 427. The number of ether oxygens (including phenoxy) is 1. The second kappa shape index (κ2) is 8.39. The Morgan fingerprint density at radius 1 is 1.42 bits per heavy atom. The van der Waals surface area contributed by atoms with E-state index >= 15 is 0 Å². The largest absolute Gasteiger partial charge is 0.497 e. The van der Waals surface area contributed by atoms with Crippen molar-refractivity contribution in [3.63, 3.8) is 0 Å². The summed E-state index contributed by atoms with van der Waals surface area (Å²) in [7, 11) is 1.70. The molecule has 1 N–H and O–H groups in total. The zero-order chi connectivity index (χ0) is 14.3. The van der Waals surface area contributed by atoms with E-state index in [2.05, 4.69) is 54.2 Å². The zero-order valence-corrected chi connectivity index (χ0v) is 13.9. The van der Waals surface area contributed by atoms with E-state index in [1.165, 1.54) is 11.1 Å². The van der Waals surface area contributed by atoms with Gasteiger partial charge in [-0.15, -0.1) is 0 Å². The predicted molar refractivity (Wildman–Crippen MR) is 86.7 cm³/mol. The Labute approximate surface area is 125 Å². The van der Waals surface area contributed by atoms with E-state index in [0.717, 1.165) is 29.7 Å². The Morgan fingerprint density at radius 2 is 2.16 bits per heavy atom. The molecule has 0 aliphatic carbocycles. The fourth-order valence-electron chi connectivity index (χ4n) is 1.79. The van der Waals surface area contributed by atoms with Crippen molar-refractivity contribution in [3.05, 3.63) is 33.8 Å². The minimum Gasteiger partial charge on any atom is -0.497 e. The SMILES string of the molecule is CCCNC/C(=C/c1cc(OC)ccc1Br)C(C)C. The van der Waals surface area contributed by atoms with Gasteiger partial charge in [-0.05, 0) is 42.6 Å². The standard InChI is InChI=1S/C16H24BrNO/c1-5-8-18-11-14(12(2)3)9-13-10-15(19-4)6-7-16(13)17/h6-7,9-10,12,18H,5,8,11H2,1-4H3/b14-9-. The lowest BCUT2D eigenvalue weighted by molar-refractivity contribution is 0.414. The van der Waals surface area contributed by atoms with Crippen molar-refractivity contribution in [2.75, 3.05) is 20.2 Å². The van der Waals surface area contributed by atoms with Gasteiger partial charge in [0.2, 0.25) is 0 Å². The smallest absolute Gasteiger partial charge is 0.119 e. The van der Waals surface area contributed by atoms with E-state index in [1.807, 2.05) is 12.1 Å². The summed E-state index contributed by atoms with van der Waals surface area (Å²) in [5, 5.41) is 3.47. The maximum absolute atomic E-state index is 5.28. The summed E-state index contributed by atoms with van der Waals surface area (Å²) in [6, 6.07) is 6.06. The van der Waals surface area contributed by atoms with Crippen LogP contribution in [-0.2, 0) is 0 Å². The van der Waals surface area contributed by atoms with Crippen LogP contribution >= 0.6 is 15.9 Å². The van der Waals surface area contributed by atoms with Crippen molar-refractivity contribution in [2.45, 2.75) is 27.2 Å². The van der Waals surface area contributed by atoms with E-state index in [4.69, 9.17) is 4.74 Å². The predicted octanol–water partition coefficient (Wildman–Crippen LogP) is 4.50. The van der Waals surface area contributed by atoms with Crippen LogP contribution in [0.1, 0.15) is 32.8 Å². The van der Waals surface area contributed by atoms with Crippen LogP contribution in [0.5, 0.6) is 5.75 Å². The van der Waals surface area contributed by atoms with Crippen molar-refractivity contribution in [1.82, 2.24) is 5.32 Å². The molecule has 1 aromatic rings. The van der Waals surface area contributed by atoms with E-state index in [-0.39, 0.29) is 0 Å². The highest BCUT2D eigenvalue weighted by atomic mass is 79.9. The lowest BCUT2D eigenvalue weighted by Crippen LogP contribution is -2.19. The van der Waals surface area contributed by atoms with Gasteiger partial charge in [-0.25, -0.2) is 0 Å². The molecule has 0 atom stereocenters. The molecule has 0 spiro atoms. The number of hydrogen-bond acceptors (Lipinski definition) is 2. The molecule has 0 saturated carbocycles. The van der Waals surface area contributed by atoms with Gasteiger partial charge in [0.05, 0.1) is 7.11 Å². The lowest BCUT2D eigenvalue weighted by atomic mass is 10.00. The summed E-state index contributed by atoms with van der Waals surface area (Å²) in [6.07, 6.45) is 3.41. The third-order valence-electron chi connectivity index (χ3n) is 3.04. The number of nitrogens with one attached hydrogen (secondary N) is 1. The van der Waals surface area contributed by atoms with E-state index in [0.29, 0.717) is 5.92 Å². The van der Waals surface area contributed by atoms with Crippen LogP contribution in [0.4, 0.5) is 0 Å². The van der Waals surface area contributed by atoms with Gasteiger partial charge in [-0.2, -0.15) is 0 Å². The number of rotatable bonds is 7. The summed E-state index contributed by atoms with van der Waals surface area (Å²) in [4.78, 5) is 0. The molecule has 0 bridgehead atoms. The Morgan fingerprint density at radius 3 is 2.74 bits per heavy atom. The molecule has 1 rings (SSSR count). The molecule has 19 heavy (non-hydrogen) atoms. The molecule has 0 aromatic heterocycles. The molecule has 0 aliphatic rings. The van der Waals surface area contributed by atoms with Crippen LogP contribution in [0.2, 0.25) is 0 Å². The second-order valence-corrected chi connectivity index (χ2v) is 5.79. The van der Waals surface area contributed by atoms with Gasteiger partial charge in [-0.1, -0.05) is 48.4 Å². The van der Waals surface area contributed by atoms with E-state index in [1.54, 1.807) is 7.11 Å². The number of benzene rings is 1. The van der Waals surface area contributed by atoms with Crippen molar-refractivity contribution in [1.29, 1.82) is 0 Å². The third-order valence-corrected chi connectivity index (χ3v) is 3.76. The molecule has 0 heterocycles. The molecule has 0 saturated heterocycles. The first kappa shape index (κ1) is 16.3. The fraction of sp³-hybridized carbons (Fsp3) is 0.500.